The summed E-state index contributed by atoms with van der Waals surface area (Å²) in [5.74, 6) is 0. The summed E-state index contributed by atoms with van der Waals surface area (Å²) in [6.07, 6.45) is 1.66. The van der Waals surface area contributed by atoms with Gasteiger partial charge >= 0.3 is 0 Å². The second-order valence-corrected chi connectivity index (χ2v) is 5.85. The number of aliphatic hydroxyl groups is 1. The summed E-state index contributed by atoms with van der Waals surface area (Å²) in [5, 5.41) is 21.6. The van der Waals surface area contributed by atoms with Crippen LogP contribution in [0, 0.1) is 16.7 Å². The van der Waals surface area contributed by atoms with Crippen LogP contribution in [0.2, 0.25) is 0 Å². The lowest BCUT2D eigenvalue weighted by atomic mass is 9.84. The smallest absolute Gasteiger partial charge is 0.101 e. The molecule has 19 heavy (non-hydrogen) atoms. The number of benzene rings is 1. The predicted octanol–water partition coefficient (Wildman–Crippen LogP) is 2.52. The van der Waals surface area contributed by atoms with Crippen molar-refractivity contribution in [1.82, 2.24) is 0 Å². The molecule has 1 aromatic rings. The fourth-order valence-corrected chi connectivity index (χ4v) is 2.72. The van der Waals surface area contributed by atoms with Gasteiger partial charge in [0.2, 0.25) is 0 Å². The minimum absolute atomic E-state index is 0.0193. The van der Waals surface area contributed by atoms with Gasteiger partial charge in [0.25, 0.3) is 0 Å². The molecule has 1 heterocycles. The van der Waals surface area contributed by atoms with Crippen molar-refractivity contribution in [3.8, 4) is 6.07 Å². The largest absolute Gasteiger partial charge is 0.396 e. The van der Waals surface area contributed by atoms with Gasteiger partial charge in [0.05, 0.1) is 17.9 Å². The third-order valence-corrected chi connectivity index (χ3v) is 4.08. The predicted molar refractivity (Wildman–Crippen MR) is 76.9 cm³/mol. The lowest BCUT2D eigenvalue weighted by Crippen LogP contribution is -2.31. The maximum absolute atomic E-state index is 9.18. The fraction of sp³-hybridized carbons (Fsp3) is 0.500. The average molecular weight is 325 g/mol. The SMILES string of the molecule is N#Cc1cc(Br)ccc1NC[C@@]1(CCO)CCOC1. The van der Waals surface area contributed by atoms with Crippen molar-refractivity contribution in [3.63, 3.8) is 0 Å². The van der Waals surface area contributed by atoms with E-state index in [1.165, 1.54) is 0 Å². The first-order valence-electron chi connectivity index (χ1n) is 6.31. The minimum atomic E-state index is -0.0193. The van der Waals surface area contributed by atoms with Gasteiger partial charge in [-0.05, 0) is 31.0 Å². The van der Waals surface area contributed by atoms with Crippen LogP contribution in [0.1, 0.15) is 18.4 Å². The summed E-state index contributed by atoms with van der Waals surface area (Å²) in [7, 11) is 0. The lowest BCUT2D eigenvalue weighted by Gasteiger charge is -2.27. The van der Waals surface area contributed by atoms with Gasteiger partial charge in [-0.15, -0.1) is 0 Å². The molecule has 1 fully saturated rings. The molecule has 0 saturated carbocycles. The number of nitrogens with one attached hydrogen (secondary N) is 1. The molecule has 0 aromatic heterocycles. The normalized spacial score (nSPS) is 22.2. The Labute approximate surface area is 121 Å². The molecule has 0 radical (unpaired) electrons. The van der Waals surface area contributed by atoms with E-state index in [2.05, 4.69) is 27.3 Å². The number of hydrogen-bond acceptors (Lipinski definition) is 4. The lowest BCUT2D eigenvalue weighted by molar-refractivity contribution is 0.133. The van der Waals surface area contributed by atoms with Crippen molar-refractivity contribution in [2.24, 2.45) is 5.41 Å². The van der Waals surface area contributed by atoms with Crippen molar-refractivity contribution in [2.75, 3.05) is 31.7 Å². The average Bonchev–Trinajstić information content (AvgIpc) is 2.86. The fourth-order valence-electron chi connectivity index (χ4n) is 2.36. The van der Waals surface area contributed by atoms with Crippen LogP contribution in [-0.4, -0.2) is 31.5 Å². The van der Waals surface area contributed by atoms with Gasteiger partial charge in [-0.2, -0.15) is 5.26 Å². The first-order chi connectivity index (χ1) is 9.19. The maximum atomic E-state index is 9.18. The Morgan fingerprint density at radius 3 is 3.00 bits per heavy atom. The van der Waals surface area contributed by atoms with E-state index in [1.54, 1.807) is 6.07 Å². The summed E-state index contributed by atoms with van der Waals surface area (Å²) >= 11 is 3.36. The van der Waals surface area contributed by atoms with Gasteiger partial charge in [-0.3, -0.25) is 0 Å². The molecule has 2 rings (SSSR count). The van der Waals surface area contributed by atoms with Crippen LogP contribution in [0.4, 0.5) is 5.69 Å². The topological polar surface area (TPSA) is 65.3 Å². The zero-order valence-electron chi connectivity index (χ0n) is 10.7. The molecule has 0 aliphatic carbocycles. The van der Waals surface area contributed by atoms with E-state index in [0.29, 0.717) is 18.7 Å². The van der Waals surface area contributed by atoms with Crippen LogP contribution in [0.15, 0.2) is 22.7 Å². The van der Waals surface area contributed by atoms with Crippen molar-refractivity contribution in [3.05, 3.63) is 28.2 Å². The quantitative estimate of drug-likeness (QED) is 0.873. The molecule has 1 aromatic carbocycles. The molecule has 0 spiro atoms. The monoisotopic (exact) mass is 324 g/mol. The zero-order valence-corrected chi connectivity index (χ0v) is 12.2. The molecule has 1 aliphatic rings. The van der Waals surface area contributed by atoms with Crippen LogP contribution >= 0.6 is 15.9 Å². The van der Waals surface area contributed by atoms with Gasteiger partial charge in [0, 0.05) is 29.6 Å². The Morgan fingerprint density at radius 1 is 1.53 bits per heavy atom. The van der Waals surface area contributed by atoms with E-state index < -0.39 is 0 Å². The van der Waals surface area contributed by atoms with Crippen molar-refractivity contribution in [2.45, 2.75) is 12.8 Å². The molecule has 0 amide bonds. The van der Waals surface area contributed by atoms with Crippen LogP contribution in [0.5, 0.6) is 0 Å². The van der Waals surface area contributed by atoms with Crippen molar-refractivity contribution < 1.29 is 9.84 Å². The molecule has 5 heteroatoms. The molecule has 1 saturated heterocycles. The molecule has 1 atom stereocenters. The summed E-state index contributed by atoms with van der Waals surface area (Å²) in [6, 6.07) is 7.78. The Morgan fingerprint density at radius 2 is 2.37 bits per heavy atom. The molecule has 4 nitrogen and oxygen atoms in total. The van der Waals surface area contributed by atoms with E-state index in [4.69, 9.17) is 10.00 Å². The highest BCUT2D eigenvalue weighted by Crippen LogP contribution is 2.33. The van der Waals surface area contributed by atoms with E-state index in [0.717, 1.165) is 29.6 Å². The number of halogens is 1. The van der Waals surface area contributed by atoms with Gasteiger partial charge < -0.3 is 15.2 Å². The second-order valence-electron chi connectivity index (χ2n) is 4.93. The summed E-state index contributed by atoms with van der Waals surface area (Å²) in [5.41, 5.74) is 1.43. The molecule has 2 N–H and O–H groups in total. The van der Waals surface area contributed by atoms with Gasteiger partial charge in [0.15, 0.2) is 0 Å². The molecular formula is C14H17BrN2O2. The Balaban J connectivity index is 2.07. The molecule has 102 valence electrons. The van der Waals surface area contributed by atoms with Gasteiger partial charge in [0.1, 0.15) is 6.07 Å². The van der Waals surface area contributed by atoms with Crippen LogP contribution in [-0.2, 0) is 4.74 Å². The maximum Gasteiger partial charge on any atom is 0.101 e. The Hall–Kier alpha value is -1.09. The summed E-state index contributed by atoms with van der Waals surface area (Å²) < 4.78 is 6.35. The third kappa shape index (κ3) is 3.47. The van der Waals surface area contributed by atoms with E-state index in [9.17, 15) is 5.11 Å². The second kappa shape index (κ2) is 6.38. The Kier molecular flexibility index (Phi) is 4.81. The molecule has 0 unspecified atom stereocenters. The number of ether oxygens (including phenoxy) is 1. The molecular weight excluding hydrogens is 308 g/mol. The number of nitrogens with zero attached hydrogens (tertiary/aromatic N) is 1. The molecule has 1 aliphatic heterocycles. The van der Waals surface area contributed by atoms with Crippen LogP contribution in [0.3, 0.4) is 0 Å². The van der Waals surface area contributed by atoms with Crippen molar-refractivity contribution in [1.29, 1.82) is 5.26 Å². The standard InChI is InChI=1S/C14H17BrN2O2/c15-12-1-2-13(11(7-12)8-16)17-9-14(3-5-18)4-6-19-10-14/h1-2,7,17-18H,3-6,9-10H2/t14-/m1/s1. The minimum Gasteiger partial charge on any atom is -0.396 e. The van der Waals surface area contributed by atoms with Crippen LogP contribution in [0.25, 0.3) is 0 Å². The first-order valence-corrected chi connectivity index (χ1v) is 7.10. The number of rotatable bonds is 5. The summed E-state index contributed by atoms with van der Waals surface area (Å²) in [4.78, 5) is 0. The highest BCUT2D eigenvalue weighted by atomic mass is 79.9. The number of anilines is 1. The number of nitriles is 1. The number of hydrogen-bond donors (Lipinski definition) is 2. The van der Waals surface area contributed by atoms with E-state index >= 15 is 0 Å². The highest BCUT2D eigenvalue weighted by molar-refractivity contribution is 9.10. The zero-order chi connectivity index (χ0) is 13.7. The van der Waals surface area contributed by atoms with E-state index in [1.807, 2.05) is 12.1 Å². The highest BCUT2D eigenvalue weighted by Gasteiger charge is 2.34. The number of aliphatic hydroxyl groups excluding tert-OH is 1. The third-order valence-electron chi connectivity index (χ3n) is 3.58. The van der Waals surface area contributed by atoms with E-state index in [-0.39, 0.29) is 12.0 Å². The van der Waals surface area contributed by atoms with Crippen molar-refractivity contribution >= 4 is 21.6 Å². The molecule has 0 bridgehead atoms. The van der Waals surface area contributed by atoms with Gasteiger partial charge in [-0.25, -0.2) is 0 Å². The summed E-state index contributed by atoms with van der Waals surface area (Å²) in [6.45, 7) is 2.28. The van der Waals surface area contributed by atoms with Gasteiger partial charge in [-0.1, -0.05) is 15.9 Å². The van der Waals surface area contributed by atoms with Crippen LogP contribution < -0.4 is 5.32 Å². The first kappa shape index (κ1) is 14.3. The Bertz CT molecular complexity index is 479.